The molecule has 0 unspecified atom stereocenters. The first-order chi connectivity index (χ1) is 9.16. The highest BCUT2D eigenvalue weighted by Crippen LogP contribution is 2.31. The number of carbonyl (C=O) groups excluding carboxylic acids is 1. The number of carbonyl (C=O) groups is 1. The summed E-state index contributed by atoms with van der Waals surface area (Å²) in [6, 6.07) is 0.456. The zero-order valence-electron chi connectivity index (χ0n) is 11.3. The summed E-state index contributed by atoms with van der Waals surface area (Å²) in [7, 11) is 0. The van der Waals surface area contributed by atoms with Crippen LogP contribution in [-0.4, -0.2) is 27.0 Å². The van der Waals surface area contributed by atoms with E-state index in [1.54, 1.807) is 13.1 Å². The van der Waals surface area contributed by atoms with Gasteiger partial charge in [0, 0.05) is 17.9 Å². The minimum atomic E-state index is 0.0375. The minimum absolute atomic E-state index is 0.0375. The van der Waals surface area contributed by atoms with Crippen LogP contribution in [0.25, 0.3) is 11.0 Å². The number of aryl methyl sites for hydroxylation is 1. The van der Waals surface area contributed by atoms with E-state index in [0.717, 1.165) is 29.6 Å². The molecular formula is C14H18N4O. The lowest BCUT2D eigenvalue weighted by Crippen LogP contribution is -2.17. The van der Waals surface area contributed by atoms with Crippen LogP contribution < -0.4 is 5.32 Å². The van der Waals surface area contributed by atoms with Gasteiger partial charge in [0.05, 0.1) is 16.6 Å². The third-order valence-electron chi connectivity index (χ3n) is 3.85. The van der Waals surface area contributed by atoms with Crippen molar-refractivity contribution >= 4 is 22.5 Å². The van der Waals surface area contributed by atoms with Crippen molar-refractivity contribution in [2.75, 3.05) is 5.32 Å². The number of hydrogen-bond acceptors (Lipinski definition) is 4. The molecule has 0 spiro atoms. The molecular weight excluding hydrogens is 240 g/mol. The summed E-state index contributed by atoms with van der Waals surface area (Å²) in [5, 5.41) is 11.6. The SMILES string of the molecule is CC(=O)c1cnc2n[nH]c(C)c2c1NC1CCCC1. The average Bonchev–Trinajstić information content (AvgIpc) is 3.00. The molecule has 19 heavy (non-hydrogen) atoms. The maximum Gasteiger partial charge on any atom is 0.183 e. The average molecular weight is 258 g/mol. The maximum atomic E-state index is 11.8. The number of rotatable bonds is 3. The van der Waals surface area contributed by atoms with Gasteiger partial charge in [-0.25, -0.2) is 4.98 Å². The van der Waals surface area contributed by atoms with Crippen LogP contribution in [0.2, 0.25) is 0 Å². The molecule has 2 heterocycles. The maximum absolute atomic E-state index is 11.8. The highest BCUT2D eigenvalue weighted by atomic mass is 16.1. The fraction of sp³-hybridized carbons (Fsp3) is 0.500. The van der Waals surface area contributed by atoms with Gasteiger partial charge in [0.1, 0.15) is 0 Å². The monoisotopic (exact) mass is 258 g/mol. The zero-order valence-corrected chi connectivity index (χ0v) is 11.3. The van der Waals surface area contributed by atoms with Crippen LogP contribution in [-0.2, 0) is 0 Å². The van der Waals surface area contributed by atoms with Crippen molar-refractivity contribution in [1.29, 1.82) is 0 Å². The molecule has 1 aliphatic carbocycles. The Morgan fingerprint density at radius 1 is 1.42 bits per heavy atom. The van der Waals surface area contributed by atoms with Crippen LogP contribution in [0.15, 0.2) is 6.20 Å². The number of pyridine rings is 1. The molecule has 0 radical (unpaired) electrons. The Morgan fingerprint density at radius 2 is 2.16 bits per heavy atom. The molecule has 0 aliphatic heterocycles. The molecule has 1 saturated carbocycles. The normalized spacial score (nSPS) is 16.1. The van der Waals surface area contributed by atoms with Gasteiger partial charge in [-0.15, -0.1) is 0 Å². The minimum Gasteiger partial charge on any atom is -0.381 e. The standard InChI is InChI=1S/C14H18N4O/c1-8-12-13(16-10-5-3-4-6-10)11(9(2)19)7-15-14(12)18-17-8/h7,10H,3-6H2,1-2H3,(H2,15,16,17,18). The Bertz CT molecular complexity index is 626. The Hall–Kier alpha value is -1.91. The van der Waals surface area contributed by atoms with Gasteiger partial charge in [0.15, 0.2) is 11.4 Å². The lowest BCUT2D eigenvalue weighted by molar-refractivity contribution is 0.101. The second-order valence-corrected chi connectivity index (χ2v) is 5.28. The molecule has 5 heteroatoms. The molecule has 3 rings (SSSR count). The lowest BCUT2D eigenvalue weighted by atomic mass is 10.1. The van der Waals surface area contributed by atoms with Gasteiger partial charge in [0.25, 0.3) is 0 Å². The smallest absolute Gasteiger partial charge is 0.183 e. The predicted octanol–water partition coefficient (Wildman–Crippen LogP) is 2.82. The third-order valence-corrected chi connectivity index (χ3v) is 3.85. The van der Waals surface area contributed by atoms with E-state index in [1.807, 2.05) is 6.92 Å². The molecule has 100 valence electrons. The van der Waals surface area contributed by atoms with Crippen LogP contribution in [0.1, 0.15) is 48.7 Å². The Balaban J connectivity index is 2.13. The molecule has 2 N–H and O–H groups in total. The molecule has 0 bridgehead atoms. The third kappa shape index (κ3) is 2.09. The summed E-state index contributed by atoms with van der Waals surface area (Å²) < 4.78 is 0. The van der Waals surface area contributed by atoms with Gasteiger partial charge in [0.2, 0.25) is 0 Å². The van der Waals surface area contributed by atoms with Gasteiger partial charge in [-0.1, -0.05) is 12.8 Å². The number of Topliss-reactive ketones (excluding diaryl/α,β-unsaturated/α-hetero) is 1. The second-order valence-electron chi connectivity index (χ2n) is 5.28. The van der Waals surface area contributed by atoms with Crippen LogP contribution >= 0.6 is 0 Å². The van der Waals surface area contributed by atoms with Gasteiger partial charge in [-0.2, -0.15) is 5.10 Å². The molecule has 2 aromatic heterocycles. The first-order valence-corrected chi connectivity index (χ1v) is 6.78. The van der Waals surface area contributed by atoms with Gasteiger partial charge in [-0.05, 0) is 26.7 Å². The van der Waals surface area contributed by atoms with E-state index in [9.17, 15) is 4.79 Å². The van der Waals surface area contributed by atoms with E-state index in [-0.39, 0.29) is 5.78 Å². The second kappa shape index (κ2) is 4.64. The van der Waals surface area contributed by atoms with Crippen molar-refractivity contribution in [3.05, 3.63) is 17.5 Å². The first kappa shape index (κ1) is 12.1. The van der Waals surface area contributed by atoms with E-state index in [0.29, 0.717) is 17.3 Å². The molecule has 1 fully saturated rings. The molecule has 0 aromatic carbocycles. The summed E-state index contributed by atoms with van der Waals surface area (Å²) in [4.78, 5) is 16.1. The van der Waals surface area contributed by atoms with Crippen LogP contribution in [0.4, 0.5) is 5.69 Å². The Morgan fingerprint density at radius 3 is 2.84 bits per heavy atom. The van der Waals surface area contributed by atoms with Crippen molar-refractivity contribution in [1.82, 2.24) is 15.2 Å². The molecule has 5 nitrogen and oxygen atoms in total. The van der Waals surface area contributed by atoms with E-state index >= 15 is 0 Å². The van der Waals surface area contributed by atoms with Crippen molar-refractivity contribution < 1.29 is 4.79 Å². The van der Waals surface area contributed by atoms with Crippen molar-refractivity contribution in [3.63, 3.8) is 0 Å². The largest absolute Gasteiger partial charge is 0.381 e. The number of fused-ring (bicyclic) bond motifs is 1. The number of aromatic nitrogens is 3. The summed E-state index contributed by atoms with van der Waals surface area (Å²) >= 11 is 0. The van der Waals surface area contributed by atoms with Crippen LogP contribution in [0.3, 0.4) is 0 Å². The molecule has 0 atom stereocenters. The Kier molecular flexibility index (Phi) is 2.97. The Labute approximate surface area is 111 Å². The van der Waals surface area contributed by atoms with Crippen LogP contribution in [0.5, 0.6) is 0 Å². The van der Waals surface area contributed by atoms with Crippen molar-refractivity contribution in [3.8, 4) is 0 Å². The van der Waals surface area contributed by atoms with Gasteiger partial charge in [-0.3, -0.25) is 9.89 Å². The zero-order chi connectivity index (χ0) is 13.4. The van der Waals surface area contributed by atoms with Gasteiger partial charge < -0.3 is 5.32 Å². The fourth-order valence-corrected chi connectivity index (χ4v) is 2.83. The summed E-state index contributed by atoms with van der Waals surface area (Å²) in [6.45, 7) is 3.54. The molecule has 0 saturated heterocycles. The number of hydrogen-bond donors (Lipinski definition) is 2. The summed E-state index contributed by atoms with van der Waals surface area (Å²) in [5.74, 6) is 0.0375. The number of H-pyrrole nitrogens is 1. The lowest BCUT2D eigenvalue weighted by Gasteiger charge is -2.17. The van der Waals surface area contributed by atoms with Gasteiger partial charge >= 0.3 is 0 Å². The summed E-state index contributed by atoms with van der Waals surface area (Å²) in [6.07, 6.45) is 6.47. The fourth-order valence-electron chi connectivity index (χ4n) is 2.83. The highest BCUT2D eigenvalue weighted by molar-refractivity contribution is 6.07. The van der Waals surface area contributed by atoms with Crippen molar-refractivity contribution in [2.45, 2.75) is 45.6 Å². The number of nitrogens with one attached hydrogen (secondary N) is 2. The van der Waals surface area contributed by atoms with Crippen LogP contribution in [0, 0.1) is 6.92 Å². The summed E-state index contributed by atoms with van der Waals surface area (Å²) in [5.41, 5.74) is 3.17. The van der Waals surface area contributed by atoms with E-state index in [4.69, 9.17) is 0 Å². The van der Waals surface area contributed by atoms with E-state index in [1.165, 1.54) is 12.8 Å². The highest BCUT2D eigenvalue weighted by Gasteiger charge is 2.21. The molecule has 0 amide bonds. The number of nitrogens with zero attached hydrogens (tertiary/aromatic N) is 2. The number of anilines is 1. The number of ketones is 1. The topological polar surface area (TPSA) is 70.7 Å². The van der Waals surface area contributed by atoms with E-state index in [2.05, 4.69) is 20.5 Å². The molecule has 1 aliphatic rings. The predicted molar refractivity (Wildman–Crippen MR) is 74.5 cm³/mol. The van der Waals surface area contributed by atoms with E-state index < -0.39 is 0 Å². The van der Waals surface area contributed by atoms with Crippen molar-refractivity contribution in [2.24, 2.45) is 0 Å². The molecule has 2 aromatic rings. The number of aromatic amines is 1. The first-order valence-electron chi connectivity index (χ1n) is 6.78. The quantitative estimate of drug-likeness (QED) is 0.830.